The van der Waals surface area contributed by atoms with Crippen LogP contribution >= 0.6 is 0 Å². The van der Waals surface area contributed by atoms with Crippen LogP contribution in [0.1, 0.15) is 17.5 Å². The molecule has 2 amide bonds. The number of nitrogens with two attached hydrogens (primary N) is 1. The number of benzene rings is 2. The van der Waals surface area contributed by atoms with E-state index >= 15 is 0 Å². The molecule has 0 spiro atoms. The van der Waals surface area contributed by atoms with Gasteiger partial charge < -0.3 is 30.3 Å². The zero-order valence-electron chi connectivity index (χ0n) is 23.2. The number of hydrogen-bond acceptors (Lipinski definition) is 7. The van der Waals surface area contributed by atoms with Crippen molar-refractivity contribution in [3.8, 4) is 11.8 Å². The molecule has 3 saturated heterocycles. The number of primary amides is 1. The number of nitriles is 1. The number of amidine groups is 1. The fourth-order valence-electron chi connectivity index (χ4n) is 5.15. The summed E-state index contributed by atoms with van der Waals surface area (Å²) in [7, 11) is 1.64. The van der Waals surface area contributed by atoms with Crippen molar-refractivity contribution in [2.75, 3.05) is 69.7 Å². The van der Waals surface area contributed by atoms with Crippen molar-refractivity contribution in [1.82, 2.24) is 9.80 Å². The number of likely N-dealkylation sites (tertiary alicyclic amines) is 1. The van der Waals surface area contributed by atoms with Crippen molar-refractivity contribution in [1.29, 1.82) is 5.26 Å². The normalized spacial score (nSPS) is 20.3. The maximum Gasteiger partial charge on any atom is 0.314 e. The van der Waals surface area contributed by atoms with Crippen LogP contribution in [0.3, 0.4) is 0 Å². The third-order valence-electron chi connectivity index (χ3n) is 7.62. The first kappa shape index (κ1) is 28.1. The van der Waals surface area contributed by atoms with Gasteiger partial charge in [-0.2, -0.15) is 10.3 Å². The number of ether oxygens (including phenoxy) is 2. The highest BCUT2D eigenvalue weighted by molar-refractivity contribution is 6.10. The number of piperazine rings is 1. The van der Waals surface area contributed by atoms with E-state index in [0.29, 0.717) is 54.2 Å². The van der Waals surface area contributed by atoms with Crippen LogP contribution in [0.2, 0.25) is 0 Å². The van der Waals surface area contributed by atoms with Gasteiger partial charge in [-0.3, -0.25) is 9.89 Å². The summed E-state index contributed by atoms with van der Waals surface area (Å²) in [6.45, 7) is 10.4. The summed E-state index contributed by atoms with van der Waals surface area (Å²) in [6, 6.07) is 15.6. The third-order valence-corrected chi connectivity index (χ3v) is 7.62. The van der Waals surface area contributed by atoms with Gasteiger partial charge in [-0.15, -0.1) is 0 Å². The van der Waals surface area contributed by atoms with Crippen LogP contribution in [0.15, 0.2) is 57.4 Å². The standard InChI is InChI=1S/C29H35N9O3/c1-32-27(20-3-8-26(21(15-20)16-30)41-25-9-10-38(17-25)28(31)39)35-29(33-2)34-22-4-6-23(7-5-22)36-11-13-37(14-12-36)24-18-40-19-24/h3-8,15,24-25H,1,9-14,17-19H2,2H3,(H2,31,39)(H,33,34)/b35-27-/t25-/m1/s1. The first-order chi connectivity index (χ1) is 20.0. The Labute approximate surface area is 239 Å². The largest absolute Gasteiger partial charge is 0.487 e. The second-order valence-electron chi connectivity index (χ2n) is 10.2. The Morgan fingerprint density at radius 3 is 2.49 bits per heavy atom. The van der Waals surface area contributed by atoms with Crippen molar-refractivity contribution >= 4 is 35.9 Å². The quantitative estimate of drug-likeness (QED) is 0.409. The van der Waals surface area contributed by atoms with Crippen molar-refractivity contribution in [2.45, 2.75) is 18.6 Å². The van der Waals surface area contributed by atoms with Crippen LogP contribution in [0.25, 0.3) is 0 Å². The highest BCUT2D eigenvalue weighted by Crippen LogP contribution is 2.25. The molecule has 2 aromatic rings. The van der Waals surface area contributed by atoms with Gasteiger partial charge in [-0.25, -0.2) is 9.79 Å². The molecule has 0 radical (unpaired) electrons. The zero-order chi connectivity index (χ0) is 28.8. The van der Waals surface area contributed by atoms with Gasteiger partial charge in [0.15, 0.2) is 5.84 Å². The molecule has 3 aliphatic rings. The van der Waals surface area contributed by atoms with E-state index in [0.717, 1.165) is 45.1 Å². The lowest BCUT2D eigenvalue weighted by atomic mass is 10.1. The molecule has 3 fully saturated rings. The molecule has 5 rings (SSSR count). The van der Waals surface area contributed by atoms with E-state index < -0.39 is 6.03 Å². The molecule has 3 heterocycles. The van der Waals surface area contributed by atoms with Crippen LogP contribution in [0.4, 0.5) is 16.2 Å². The number of nitrogens with one attached hydrogen (secondary N) is 1. The molecule has 2 aromatic carbocycles. The number of nitrogens with zero attached hydrogens (tertiary/aromatic N) is 7. The molecular weight excluding hydrogens is 522 g/mol. The predicted molar refractivity (Wildman–Crippen MR) is 159 cm³/mol. The fourth-order valence-corrected chi connectivity index (χ4v) is 5.15. The molecule has 0 unspecified atom stereocenters. The number of hydrogen-bond donors (Lipinski definition) is 2. The monoisotopic (exact) mass is 557 g/mol. The Hall–Kier alpha value is -4.47. The number of carbonyl (C=O) groups is 1. The van der Waals surface area contributed by atoms with Crippen molar-refractivity contribution in [2.24, 2.45) is 20.7 Å². The van der Waals surface area contributed by atoms with Gasteiger partial charge in [0.25, 0.3) is 0 Å². The molecule has 0 saturated carbocycles. The van der Waals surface area contributed by atoms with Crippen LogP contribution in [0, 0.1) is 11.3 Å². The third kappa shape index (κ3) is 6.65. The molecule has 1 atom stereocenters. The van der Waals surface area contributed by atoms with Gasteiger partial charge in [0.05, 0.1) is 31.4 Å². The molecule has 12 heteroatoms. The Morgan fingerprint density at radius 2 is 1.90 bits per heavy atom. The minimum Gasteiger partial charge on any atom is -0.487 e. The van der Waals surface area contributed by atoms with Crippen LogP contribution in [-0.2, 0) is 4.74 Å². The second kappa shape index (κ2) is 12.8. The summed E-state index contributed by atoms with van der Waals surface area (Å²) in [5, 5.41) is 13.0. The Bertz CT molecular complexity index is 1360. The number of guanidine groups is 1. The summed E-state index contributed by atoms with van der Waals surface area (Å²) in [5.74, 6) is 1.10. The lowest BCUT2D eigenvalue weighted by molar-refractivity contribution is -0.0660. The lowest BCUT2D eigenvalue weighted by Crippen LogP contribution is -2.56. The second-order valence-corrected chi connectivity index (χ2v) is 10.2. The van der Waals surface area contributed by atoms with Gasteiger partial charge in [0, 0.05) is 63.1 Å². The highest BCUT2D eigenvalue weighted by atomic mass is 16.5. The zero-order valence-corrected chi connectivity index (χ0v) is 23.2. The first-order valence-corrected chi connectivity index (χ1v) is 13.7. The molecule has 214 valence electrons. The fraction of sp³-hybridized carbons (Fsp3) is 0.414. The van der Waals surface area contributed by atoms with E-state index in [1.54, 1.807) is 25.2 Å². The minimum atomic E-state index is -0.475. The summed E-state index contributed by atoms with van der Waals surface area (Å²) >= 11 is 0. The first-order valence-electron chi connectivity index (χ1n) is 13.7. The number of anilines is 2. The average molecular weight is 558 g/mol. The van der Waals surface area contributed by atoms with E-state index in [-0.39, 0.29) is 6.10 Å². The van der Waals surface area contributed by atoms with E-state index in [1.165, 1.54) is 10.6 Å². The van der Waals surface area contributed by atoms with Crippen molar-refractivity contribution in [3.63, 3.8) is 0 Å². The summed E-state index contributed by atoms with van der Waals surface area (Å²) in [5.41, 5.74) is 8.31. The highest BCUT2D eigenvalue weighted by Gasteiger charge is 2.29. The summed E-state index contributed by atoms with van der Waals surface area (Å²) < 4.78 is 11.3. The molecule has 0 aromatic heterocycles. The topological polar surface area (TPSA) is 144 Å². The SMILES string of the molecule is C=N/C(=N\C(=N/C)Nc1ccc(N2CCN(C3COC3)CC2)cc1)c1ccc(O[C@@H]2CCN(C(N)=O)C2)c(C#N)c1. The van der Waals surface area contributed by atoms with Crippen LogP contribution < -0.4 is 20.7 Å². The molecule has 41 heavy (non-hydrogen) atoms. The number of carbonyl (C=O) groups excluding carboxylic acids is 1. The number of urea groups is 1. The number of amides is 2. The molecule has 0 bridgehead atoms. The lowest BCUT2D eigenvalue weighted by Gasteiger charge is -2.43. The maximum atomic E-state index is 11.4. The molecule has 12 nitrogen and oxygen atoms in total. The van der Waals surface area contributed by atoms with E-state index in [2.05, 4.69) is 55.0 Å². The van der Waals surface area contributed by atoms with Crippen molar-refractivity contribution < 1.29 is 14.3 Å². The van der Waals surface area contributed by atoms with Crippen LogP contribution in [0.5, 0.6) is 5.75 Å². The summed E-state index contributed by atoms with van der Waals surface area (Å²) in [4.78, 5) is 30.8. The molecule has 3 N–H and O–H groups in total. The molecular formula is C29H35N9O3. The maximum absolute atomic E-state index is 11.4. The van der Waals surface area contributed by atoms with E-state index in [9.17, 15) is 10.1 Å². The van der Waals surface area contributed by atoms with Gasteiger partial charge in [0.1, 0.15) is 17.9 Å². The minimum absolute atomic E-state index is 0.229. The van der Waals surface area contributed by atoms with Gasteiger partial charge in [-0.1, -0.05) is 0 Å². The Morgan fingerprint density at radius 1 is 1.15 bits per heavy atom. The molecule has 0 aliphatic carbocycles. The molecule has 3 aliphatic heterocycles. The van der Waals surface area contributed by atoms with Crippen molar-refractivity contribution in [3.05, 3.63) is 53.6 Å². The van der Waals surface area contributed by atoms with Gasteiger partial charge in [0.2, 0.25) is 5.96 Å². The Balaban J connectivity index is 1.22. The van der Waals surface area contributed by atoms with E-state index in [1.807, 2.05) is 12.1 Å². The smallest absolute Gasteiger partial charge is 0.314 e. The predicted octanol–water partition coefficient (Wildman–Crippen LogP) is 2.16. The van der Waals surface area contributed by atoms with E-state index in [4.69, 9.17) is 15.2 Å². The number of aliphatic imine (C=N–C) groups is 3. The average Bonchev–Trinajstić information content (AvgIpc) is 3.44. The van der Waals surface area contributed by atoms with Gasteiger partial charge in [-0.05, 0) is 49.2 Å². The van der Waals surface area contributed by atoms with Crippen LogP contribution in [-0.4, -0.2) is 106 Å². The summed E-state index contributed by atoms with van der Waals surface area (Å²) in [6.07, 6.45) is 0.416. The Kier molecular flexibility index (Phi) is 8.76. The van der Waals surface area contributed by atoms with Gasteiger partial charge >= 0.3 is 6.03 Å². The number of rotatable bonds is 6.